The van der Waals surface area contributed by atoms with Gasteiger partial charge in [0.15, 0.2) is 0 Å². The van der Waals surface area contributed by atoms with Gasteiger partial charge < -0.3 is 10.6 Å². The molecule has 2 rings (SSSR count). The highest BCUT2D eigenvalue weighted by atomic mass is 79.9. The minimum Gasteiger partial charge on any atom is -0.347 e. The number of anilines is 1. The zero-order valence-electron chi connectivity index (χ0n) is 14.8. The van der Waals surface area contributed by atoms with Crippen molar-refractivity contribution < 1.29 is 18.0 Å². The molecule has 10 heteroatoms. The van der Waals surface area contributed by atoms with Crippen molar-refractivity contribution in [1.29, 1.82) is 0 Å². The van der Waals surface area contributed by atoms with Crippen LogP contribution in [0.1, 0.15) is 5.56 Å². The molecule has 0 aliphatic carbocycles. The molecule has 0 saturated carbocycles. The lowest BCUT2D eigenvalue weighted by molar-refractivity contribution is -0.136. The first kappa shape index (κ1) is 20.8. The van der Waals surface area contributed by atoms with Gasteiger partial charge >= 0.3 is 11.8 Å². The highest BCUT2D eigenvalue weighted by Gasteiger charge is 2.23. The van der Waals surface area contributed by atoms with E-state index < -0.39 is 21.8 Å². The smallest absolute Gasteiger partial charge is 0.313 e. The van der Waals surface area contributed by atoms with E-state index in [1.165, 1.54) is 10.6 Å². The molecule has 1 fully saturated rings. The predicted molar refractivity (Wildman–Crippen MR) is 103 cm³/mol. The fourth-order valence-electron chi connectivity index (χ4n) is 2.60. The second-order valence-corrected chi connectivity index (χ2v) is 9.01. The van der Waals surface area contributed by atoms with Crippen molar-refractivity contribution in [1.82, 2.24) is 14.5 Å². The number of nitrogens with one attached hydrogen (secondary N) is 2. The van der Waals surface area contributed by atoms with Gasteiger partial charge in [0.2, 0.25) is 10.0 Å². The van der Waals surface area contributed by atoms with Crippen LogP contribution in [0.5, 0.6) is 0 Å². The van der Waals surface area contributed by atoms with Crippen LogP contribution in [0.2, 0.25) is 0 Å². The fraction of sp³-hybridized carbons (Fsp3) is 0.500. The minimum atomic E-state index is -3.15. The van der Waals surface area contributed by atoms with E-state index in [-0.39, 0.29) is 0 Å². The molecule has 0 unspecified atom stereocenters. The number of sulfonamides is 1. The summed E-state index contributed by atoms with van der Waals surface area (Å²) < 4.78 is 25.3. The Labute approximate surface area is 162 Å². The third-order valence-electron chi connectivity index (χ3n) is 4.14. The average molecular weight is 447 g/mol. The number of amides is 2. The first-order chi connectivity index (χ1) is 12.2. The van der Waals surface area contributed by atoms with Crippen molar-refractivity contribution in [3.63, 3.8) is 0 Å². The van der Waals surface area contributed by atoms with Crippen LogP contribution in [0.25, 0.3) is 0 Å². The van der Waals surface area contributed by atoms with E-state index in [4.69, 9.17) is 0 Å². The van der Waals surface area contributed by atoms with Gasteiger partial charge in [-0.05, 0) is 30.7 Å². The Morgan fingerprint density at radius 2 is 1.81 bits per heavy atom. The van der Waals surface area contributed by atoms with Crippen LogP contribution in [0, 0.1) is 6.92 Å². The summed E-state index contributed by atoms with van der Waals surface area (Å²) in [6, 6.07) is 5.29. The van der Waals surface area contributed by atoms with E-state index in [0.29, 0.717) is 45.0 Å². The second kappa shape index (κ2) is 8.94. The van der Waals surface area contributed by atoms with Crippen LogP contribution >= 0.6 is 15.9 Å². The maximum Gasteiger partial charge on any atom is 0.313 e. The van der Waals surface area contributed by atoms with Crippen molar-refractivity contribution in [3.05, 3.63) is 28.2 Å². The summed E-state index contributed by atoms with van der Waals surface area (Å²) in [5, 5.41) is 5.15. The number of carbonyl (C=O) groups is 2. The van der Waals surface area contributed by atoms with Crippen molar-refractivity contribution in [3.8, 4) is 0 Å². The molecule has 26 heavy (non-hydrogen) atoms. The van der Waals surface area contributed by atoms with Crippen LogP contribution in [0.3, 0.4) is 0 Å². The standard InChI is InChI=1S/C16H23BrN4O4S/c1-12-11-13(3-4-14(12)17)19-16(23)15(22)18-5-6-20-7-9-21(10-8-20)26(2,24)25/h3-4,11H,5-10H2,1-2H3,(H,18,22)(H,19,23). The first-order valence-corrected chi connectivity index (χ1v) is 10.8. The van der Waals surface area contributed by atoms with Gasteiger partial charge in [0.25, 0.3) is 0 Å². The normalized spacial score (nSPS) is 16.3. The van der Waals surface area contributed by atoms with Crippen molar-refractivity contribution >= 4 is 43.5 Å². The quantitative estimate of drug-likeness (QED) is 0.637. The van der Waals surface area contributed by atoms with Crippen molar-refractivity contribution in [2.75, 3.05) is 50.8 Å². The fourth-order valence-corrected chi connectivity index (χ4v) is 3.68. The predicted octanol–water partition coefficient (Wildman–Crippen LogP) is 0.389. The lowest BCUT2D eigenvalue weighted by Crippen LogP contribution is -2.50. The number of hydrogen-bond acceptors (Lipinski definition) is 5. The molecule has 2 amide bonds. The molecule has 2 N–H and O–H groups in total. The van der Waals surface area contributed by atoms with E-state index in [2.05, 4.69) is 31.5 Å². The van der Waals surface area contributed by atoms with Crippen molar-refractivity contribution in [2.24, 2.45) is 0 Å². The third kappa shape index (κ3) is 6.04. The molecular formula is C16H23BrN4O4S. The largest absolute Gasteiger partial charge is 0.347 e. The molecule has 1 heterocycles. The Hall–Kier alpha value is -1.49. The van der Waals surface area contributed by atoms with Gasteiger partial charge in [-0.3, -0.25) is 14.5 Å². The van der Waals surface area contributed by atoms with E-state index in [1.807, 2.05) is 6.92 Å². The number of benzene rings is 1. The molecule has 144 valence electrons. The molecule has 8 nitrogen and oxygen atoms in total. The molecule has 0 radical (unpaired) electrons. The van der Waals surface area contributed by atoms with E-state index >= 15 is 0 Å². The maximum atomic E-state index is 11.9. The van der Waals surface area contributed by atoms with Gasteiger partial charge in [-0.2, -0.15) is 4.31 Å². The number of halogens is 1. The molecular weight excluding hydrogens is 424 g/mol. The molecule has 1 aliphatic heterocycles. The lowest BCUT2D eigenvalue weighted by Gasteiger charge is -2.33. The van der Waals surface area contributed by atoms with Crippen LogP contribution in [0.4, 0.5) is 5.69 Å². The molecule has 0 aromatic heterocycles. The molecule has 1 saturated heterocycles. The van der Waals surface area contributed by atoms with E-state index in [1.54, 1.807) is 18.2 Å². The summed E-state index contributed by atoms with van der Waals surface area (Å²) in [4.78, 5) is 25.9. The van der Waals surface area contributed by atoms with Gasteiger partial charge in [0, 0.05) is 49.4 Å². The number of piperazine rings is 1. The summed E-state index contributed by atoms with van der Waals surface area (Å²) in [6.07, 6.45) is 1.20. The zero-order chi connectivity index (χ0) is 19.3. The summed E-state index contributed by atoms with van der Waals surface area (Å²) in [7, 11) is -3.15. The van der Waals surface area contributed by atoms with Crippen LogP contribution < -0.4 is 10.6 Å². The van der Waals surface area contributed by atoms with Gasteiger partial charge in [-0.15, -0.1) is 0 Å². The van der Waals surface area contributed by atoms with Gasteiger partial charge in [-0.25, -0.2) is 8.42 Å². The summed E-state index contributed by atoms with van der Waals surface area (Å²) in [5.74, 6) is -1.41. The number of hydrogen-bond donors (Lipinski definition) is 2. The summed E-state index contributed by atoms with van der Waals surface area (Å²) >= 11 is 3.38. The van der Waals surface area contributed by atoms with Crippen LogP contribution in [-0.2, 0) is 19.6 Å². The third-order valence-corrected chi connectivity index (χ3v) is 6.33. The Morgan fingerprint density at radius 1 is 1.15 bits per heavy atom. The molecule has 1 aromatic rings. The van der Waals surface area contributed by atoms with E-state index in [9.17, 15) is 18.0 Å². The Kier molecular flexibility index (Phi) is 7.16. The molecule has 1 aliphatic rings. The molecule has 0 atom stereocenters. The number of nitrogens with zero attached hydrogens (tertiary/aromatic N) is 2. The minimum absolute atomic E-state index is 0.324. The van der Waals surface area contributed by atoms with Crippen LogP contribution in [-0.4, -0.2) is 75.0 Å². The summed E-state index contributed by atoms with van der Waals surface area (Å²) in [6.45, 7) is 4.87. The van der Waals surface area contributed by atoms with Gasteiger partial charge in [0.05, 0.1) is 6.26 Å². The number of aryl methyl sites for hydroxylation is 1. The maximum absolute atomic E-state index is 11.9. The van der Waals surface area contributed by atoms with Gasteiger partial charge in [0.1, 0.15) is 0 Å². The molecule has 0 spiro atoms. The Morgan fingerprint density at radius 3 is 2.38 bits per heavy atom. The molecule has 0 bridgehead atoms. The highest BCUT2D eigenvalue weighted by Crippen LogP contribution is 2.19. The summed E-state index contributed by atoms with van der Waals surface area (Å²) in [5.41, 5.74) is 1.51. The SMILES string of the molecule is Cc1cc(NC(=O)C(=O)NCCN2CCN(S(C)(=O)=O)CC2)ccc1Br. The second-order valence-electron chi connectivity index (χ2n) is 6.18. The van der Waals surface area contributed by atoms with Gasteiger partial charge in [-0.1, -0.05) is 15.9 Å². The number of carbonyl (C=O) groups excluding carboxylic acids is 2. The average Bonchev–Trinajstić information content (AvgIpc) is 2.57. The Balaban J connectivity index is 1.71. The Bertz CT molecular complexity index is 776. The van der Waals surface area contributed by atoms with Crippen molar-refractivity contribution in [2.45, 2.75) is 6.92 Å². The monoisotopic (exact) mass is 446 g/mol. The first-order valence-electron chi connectivity index (χ1n) is 8.19. The van der Waals surface area contributed by atoms with E-state index in [0.717, 1.165) is 10.0 Å². The highest BCUT2D eigenvalue weighted by molar-refractivity contribution is 9.10. The lowest BCUT2D eigenvalue weighted by atomic mass is 10.2. The number of rotatable bonds is 5. The van der Waals surface area contributed by atoms with Crippen LogP contribution in [0.15, 0.2) is 22.7 Å². The molecule has 1 aromatic carbocycles. The zero-order valence-corrected chi connectivity index (χ0v) is 17.2. The topological polar surface area (TPSA) is 98.8 Å².